The maximum atomic E-state index is 9.86. The lowest BCUT2D eigenvalue weighted by molar-refractivity contribution is 0.184. The number of hydrogen-bond donors (Lipinski definition) is 2. The van der Waals surface area contributed by atoms with Crippen LogP contribution in [0.2, 0.25) is 0 Å². The Bertz CT molecular complexity index is 958. The smallest absolute Gasteiger partial charge is 0.161 e. The van der Waals surface area contributed by atoms with Crippen LogP contribution in [0.3, 0.4) is 0 Å². The van der Waals surface area contributed by atoms with Crippen molar-refractivity contribution in [2.45, 2.75) is 13.5 Å². The molecule has 0 radical (unpaired) electrons. The fourth-order valence-electron chi connectivity index (χ4n) is 3.01. The molecule has 2 N–H and O–H groups in total. The molecule has 1 aromatic heterocycles. The Morgan fingerprint density at radius 3 is 1.81 bits per heavy atom. The summed E-state index contributed by atoms with van der Waals surface area (Å²) in [6.45, 7) is 2.32. The summed E-state index contributed by atoms with van der Waals surface area (Å²) >= 11 is 0. The van der Waals surface area contributed by atoms with Gasteiger partial charge in [0.2, 0.25) is 0 Å². The summed E-state index contributed by atoms with van der Waals surface area (Å²) in [5, 5.41) is 19.7. The molecule has 6 heteroatoms. The number of phenolic OH excluding ortho intramolecular Hbond substituents is 2. The van der Waals surface area contributed by atoms with Crippen molar-refractivity contribution in [3.05, 3.63) is 47.5 Å². The van der Waals surface area contributed by atoms with Gasteiger partial charge in [-0.05, 0) is 43.3 Å². The van der Waals surface area contributed by atoms with E-state index in [0.29, 0.717) is 29.6 Å². The monoisotopic (exact) mass is 370 g/mol. The normalized spacial score (nSPS) is 10.8. The molecule has 142 valence electrons. The second-order valence-electron chi connectivity index (χ2n) is 6.07. The number of ether oxygens (including phenoxy) is 3. The second kappa shape index (κ2) is 7.63. The van der Waals surface area contributed by atoms with Crippen molar-refractivity contribution in [2.24, 2.45) is 0 Å². The molecular weight excluding hydrogens is 348 g/mol. The minimum Gasteiger partial charge on any atom is -0.504 e. The van der Waals surface area contributed by atoms with E-state index in [2.05, 4.69) is 0 Å². The lowest BCUT2D eigenvalue weighted by Crippen LogP contribution is -1.92. The molecule has 0 spiro atoms. The average Bonchev–Trinajstić information content (AvgIpc) is 2.99. The topological polar surface area (TPSA) is 81.3 Å². The second-order valence-corrected chi connectivity index (χ2v) is 6.07. The summed E-state index contributed by atoms with van der Waals surface area (Å²) in [5.41, 5.74) is 3.35. The number of methoxy groups -OCH3 is 3. The molecule has 0 saturated carbocycles. The fourth-order valence-corrected chi connectivity index (χ4v) is 3.01. The van der Waals surface area contributed by atoms with Crippen molar-refractivity contribution in [1.82, 2.24) is 0 Å². The van der Waals surface area contributed by atoms with Crippen LogP contribution >= 0.6 is 0 Å². The Morgan fingerprint density at radius 2 is 1.33 bits per heavy atom. The molecule has 2 aromatic carbocycles. The van der Waals surface area contributed by atoms with Gasteiger partial charge in [0.25, 0.3) is 0 Å². The summed E-state index contributed by atoms with van der Waals surface area (Å²) in [4.78, 5) is 0. The zero-order valence-electron chi connectivity index (χ0n) is 15.7. The number of benzene rings is 2. The van der Waals surface area contributed by atoms with Gasteiger partial charge in [-0.3, -0.25) is 0 Å². The lowest BCUT2D eigenvalue weighted by atomic mass is 10.0. The van der Waals surface area contributed by atoms with Gasteiger partial charge < -0.3 is 28.8 Å². The average molecular weight is 370 g/mol. The van der Waals surface area contributed by atoms with Gasteiger partial charge in [0, 0.05) is 29.4 Å². The zero-order valence-corrected chi connectivity index (χ0v) is 15.7. The molecule has 0 fully saturated rings. The molecule has 0 aliphatic rings. The third kappa shape index (κ3) is 3.44. The minimum atomic E-state index is 0.0568. The van der Waals surface area contributed by atoms with E-state index in [1.807, 2.05) is 6.92 Å². The first-order chi connectivity index (χ1) is 13.0. The van der Waals surface area contributed by atoms with E-state index in [1.165, 1.54) is 14.2 Å². The van der Waals surface area contributed by atoms with E-state index < -0.39 is 0 Å². The number of rotatable bonds is 6. The molecule has 6 nitrogen and oxygen atoms in total. The predicted molar refractivity (Wildman–Crippen MR) is 101 cm³/mol. The maximum absolute atomic E-state index is 9.86. The SMILES string of the molecule is COCc1c(-c2ccc(O)c(OC)c2)oc(-c2ccc(O)c(OC)c2)c1C. The van der Waals surface area contributed by atoms with Crippen molar-refractivity contribution in [3.63, 3.8) is 0 Å². The van der Waals surface area contributed by atoms with Crippen molar-refractivity contribution in [1.29, 1.82) is 0 Å². The summed E-state index contributed by atoms with van der Waals surface area (Å²) < 4.78 is 22.0. The Balaban J connectivity index is 2.17. The van der Waals surface area contributed by atoms with Gasteiger partial charge in [-0.1, -0.05) is 0 Å². The number of phenols is 2. The maximum Gasteiger partial charge on any atom is 0.161 e. The molecule has 1 heterocycles. The van der Waals surface area contributed by atoms with Gasteiger partial charge in [-0.25, -0.2) is 0 Å². The minimum absolute atomic E-state index is 0.0568. The Labute approximate surface area is 157 Å². The van der Waals surface area contributed by atoms with Crippen LogP contribution in [0.5, 0.6) is 23.0 Å². The van der Waals surface area contributed by atoms with E-state index >= 15 is 0 Å². The third-order valence-electron chi connectivity index (χ3n) is 4.44. The molecule has 0 saturated heterocycles. The molecule has 0 amide bonds. The number of hydrogen-bond acceptors (Lipinski definition) is 6. The largest absolute Gasteiger partial charge is 0.504 e. The van der Waals surface area contributed by atoms with Gasteiger partial charge in [-0.2, -0.15) is 0 Å². The molecule has 0 aliphatic carbocycles. The van der Waals surface area contributed by atoms with Crippen molar-refractivity contribution >= 4 is 0 Å². The molecule has 0 bridgehead atoms. The zero-order chi connectivity index (χ0) is 19.6. The van der Waals surface area contributed by atoms with Crippen LogP contribution in [0.15, 0.2) is 40.8 Å². The number of aromatic hydroxyl groups is 2. The van der Waals surface area contributed by atoms with Crippen molar-refractivity contribution in [3.8, 4) is 45.6 Å². The molecule has 3 aromatic rings. The van der Waals surface area contributed by atoms with Crippen LogP contribution in [-0.2, 0) is 11.3 Å². The Hall–Kier alpha value is -3.12. The van der Waals surface area contributed by atoms with E-state index in [1.54, 1.807) is 43.5 Å². The Kier molecular flexibility index (Phi) is 5.28. The third-order valence-corrected chi connectivity index (χ3v) is 4.44. The molecule has 0 aliphatic heterocycles. The van der Waals surface area contributed by atoms with Crippen LogP contribution in [0.25, 0.3) is 22.6 Å². The van der Waals surface area contributed by atoms with E-state index in [0.717, 1.165) is 22.3 Å². The van der Waals surface area contributed by atoms with Gasteiger partial charge in [0.05, 0.1) is 20.8 Å². The summed E-state index contributed by atoms with van der Waals surface area (Å²) in [6, 6.07) is 10.1. The quantitative estimate of drug-likeness (QED) is 0.665. The molecule has 27 heavy (non-hydrogen) atoms. The van der Waals surface area contributed by atoms with Crippen LogP contribution < -0.4 is 9.47 Å². The van der Waals surface area contributed by atoms with Gasteiger partial charge >= 0.3 is 0 Å². The fraction of sp³-hybridized carbons (Fsp3) is 0.238. The highest BCUT2D eigenvalue weighted by Gasteiger charge is 2.21. The Morgan fingerprint density at radius 1 is 0.815 bits per heavy atom. The summed E-state index contributed by atoms with van der Waals surface area (Å²) in [5.74, 6) is 2.13. The molecule has 0 unspecified atom stereocenters. The van der Waals surface area contributed by atoms with Gasteiger partial charge in [0.15, 0.2) is 23.0 Å². The van der Waals surface area contributed by atoms with E-state index in [4.69, 9.17) is 18.6 Å². The van der Waals surface area contributed by atoms with Crippen LogP contribution in [0, 0.1) is 6.92 Å². The first-order valence-electron chi connectivity index (χ1n) is 8.36. The van der Waals surface area contributed by atoms with Crippen molar-refractivity contribution in [2.75, 3.05) is 21.3 Å². The van der Waals surface area contributed by atoms with Crippen LogP contribution in [-0.4, -0.2) is 31.5 Å². The first kappa shape index (κ1) is 18.7. The standard InChI is InChI=1S/C21H22O6/c1-12-15(11-24-2)21(14-6-8-17(23)19(10-14)26-4)27-20(12)13-5-7-16(22)18(9-13)25-3/h5-10,22-23H,11H2,1-4H3. The lowest BCUT2D eigenvalue weighted by Gasteiger charge is -2.07. The first-order valence-corrected chi connectivity index (χ1v) is 8.36. The van der Waals surface area contributed by atoms with Crippen molar-refractivity contribution < 1.29 is 28.8 Å². The van der Waals surface area contributed by atoms with Gasteiger partial charge in [-0.15, -0.1) is 0 Å². The highest BCUT2D eigenvalue weighted by Crippen LogP contribution is 2.41. The molecule has 3 rings (SSSR count). The predicted octanol–water partition coefficient (Wildman–Crippen LogP) is 4.50. The highest BCUT2D eigenvalue weighted by molar-refractivity contribution is 5.74. The van der Waals surface area contributed by atoms with E-state index in [9.17, 15) is 10.2 Å². The van der Waals surface area contributed by atoms with Crippen LogP contribution in [0.4, 0.5) is 0 Å². The van der Waals surface area contributed by atoms with E-state index in [-0.39, 0.29) is 11.5 Å². The summed E-state index contributed by atoms with van der Waals surface area (Å²) in [7, 11) is 4.62. The summed E-state index contributed by atoms with van der Waals surface area (Å²) in [6.07, 6.45) is 0. The number of furan rings is 1. The van der Waals surface area contributed by atoms with Crippen LogP contribution in [0.1, 0.15) is 11.1 Å². The molecule has 0 atom stereocenters. The molecular formula is C21H22O6. The highest BCUT2D eigenvalue weighted by atomic mass is 16.5. The van der Waals surface area contributed by atoms with Gasteiger partial charge in [0.1, 0.15) is 11.5 Å².